The summed E-state index contributed by atoms with van der Waals surface area (Å²) >= 11 is 0. The minimum absolute atomic E-state index is 0.154. The maximum Gasteiger partial charge on any atom is 0.337 e. The number of carbonyl (C=O) groups is 1. The second-order valence-electron chi connectivity index (χ2n) is 4.34. The van der Waals surface area contributed by atoms with Gasteiger partial charge < -0.3 is 9.72 Å². The molecule has 0 fully saturated rings. The number of allylic oxidation sites excluding steroid dienone is 1. The second kappa shape index (κ2) is 5.43. The Balaban J connectivity index is 2.60. The number of carbonyl (C=O) groups excluding carboxylic acids is 1. The molecule has 0 bridgehead atoms. The van der Waals surface area contributed by atoms with E-state index in [1.54, 1.807) is 0 Å². The summed E-state index contributed by atoms with van der Waals surface area (Å²) in [4.78, 5) is 29.1. The molecule has 0 radical (unpaired) electrons. The lowest BCUT2D eigenvalue weighted by atomic mass is 10.1. The Morgan fingerprint density at radius 1 is 1.52 bits per heavy atom. The van der Waals surface area contributed by atoms with Gasteiger partial charge in [0.05, 0.1) is 23.7 Å². The van der Waals surface area contributed by atoms with Crippen LogP contribution in [-0.2, 0) is 10.7 Å². The number of halogens is 2. The molecule has 0 saturated carbocycles. The van der Waals surface area contributed by atoms with Gasteiger partial charge in [-0.05, 0) is 18.2 Å². The minimum Gasteiger partial charge on any atom is -0.465 e. The van der Waals surface area contributed by atoms with Gasteiger partial charge in [-0.2, -0.15) is 8.78 Å². The highest BCUT2D eigenvalue weighted by molar-refractivity contribution is 5.93. The number of esters is 1. The molecule has 2 aromatic rings. The number of hydrogen-bond donors (Lipinski definition) is 1. The molecule has 7 heteroatoms. The van der Waals surface area contributed by atoms with Crippen LogP contribution in [0.25, 0.3) is 11.0 Å². The quantitative estimate of drug-likeness (QED) is 0.694. The fourth-order valence-corrected chi connectivity index (χ4v) is 1.86. The standard InChI is InChI=1S/C14H12F2N2O3/c1-3-6-14(15,16)11-12(19)18-10-7-8(13(20)21-2)4-5-9(10)17-11/h3-5,7H,1,6H2,2H3,(H,18,19). The van der Waals surface area contributed by atoms with Crippen molar-refractivity contribution in [2.45, 2.75) is 12.3 Å². The van der Waals surface area contributed by atoms with Crippen LogP contribution >= 0.6 is 0 Å². The monoisotopic (exact) mass is 294 g/mol. The van der Waals surface area contributed by atoms with Crippen molar-refractivity contribution >= 4 is 17.0 Å². The van der Waals surface area contributed by atoms with Crippen LogP contribution in [0, 0.1) is 0 Å². The van der Waals surface area contributed by atoms with Crippen molar-refractivity contribution in [2.24, 2.45) is 0 Å². The second-order valence-corrected chi connectivity index (χ2v) is 4.34. The minimum atomic E-state index is -3.40. The van der Waals surface area contributed by atoms with E-state index in [1.807, 2.05) is 0 Å². The van der Waals surface area contributed by atoms with Crippen LogP contribution < -0.4 is 5.56 Å². The van der Waals surface area contributed by atoms with E-state index in [9.17, 15) is 18.4 Å². The molecular formula is C14H12F2N2O3. The van der Waals surface area contributed by atoms with Crippen molar-refractivity contribution in [3.63, 3.8) is 0 Å². The topological polar surface area (TPSA) is 72.0 Å². The highest BCUT2D eigenvalue weighted by Crippen LogP contribution is 2.28. The number of aromatic nitrogens is 2. The summed E-state index contributed by atoms with van der Waals surface area (Å²) in [5, 5.41) is 0. The fraction of sp³-hybridized carbons (Fsp3) is 0.214. The highest BCUT2D eigenvalue weighted by Gasteiger charge is 2.35. The number of ether oxygens (including phenoxy) is 1. The molecular weight excluding hydrogens is 282 g/mol. The van der Waals surface area contributed by atoms with Crippen LogP contribution in [0.5, 0.6) is 0 Å². The van der Waals surface area contributed by atoms with E-state index < -0.39 is 29.6 Å². The lowest BCUT2D eigenvalue weighted by Gasteiger charge is -2.13. The number of fused-ring (bicyclic) bond motifs is 1. The van der Waals surface area contributed by atoms with E-state index in [0.29, 0.717) is 0 Å². The Kier molecular flexibility index (Phi) is 3.84. The maximum atomic E-state index is 13.8. The van der Waals surface area contributed by atoms with Gasteiger partial charge in [0.2, 0.25) is 0 Å². The van der Waals surface area contributed by atoms with Crippen molar-refractivity contribution in [1.29, 1.82) is 0 Å². The van der Waals surface area contributed by atoms with E-state index in [0.717, 1.165) is 6.08 Å². The molecule has 0 atom stereocenters. The van der Waals surface area contributed by atoms with Gasteiger partial charge in [-0.1, -0.05) is 6.08 Å². The molecule has 1 aromatic heterocycles. The van der Waals surface area contributed by atoms with Crippen LogP contribution in [0.4, 0.5) is 8.78 Å². The molecule has 110 valence electrons. The van der Waals surface area contributed by atoms with Gasteiger partial charge in [0.15, 0.2) is 5.69 Å². The number of hydrogen-bond acceptors (Lipinski definition) is 4. The SMILES string of the molecule is C=CCC(F)(F)c1nc2ccc(C(=O)OC)cc2[nH]c1=O. The Hall–Kier alpha value is -2.57. The Bertz CT molecular complexity index is 768. The first-order valence-electron chi connectivity index (χ1n) is 6.00. The van der Waals surface area contributed by atoms with Crippen molar-refractivity contribution in [3.8, 4) is 0 Å². The number of rotatable bonds is 4. The van der Waals surface area contributed by atoms with Gasteiger partial charge in [0.1, 0.15) is 0 Å². The first-order chi connectivity index (χ1) is 9.89. The molecule has 5 nitrogen and oxygen atoms in total. The molecule has 0 aliphatic rings. The van der Waals surface area contributed by atoms with Crippen LogP contribution in [0.15, 0.2) is 35.6 Å². The van der Waals surface area contributed by atoms with Gasteiger partial charge in [-0.3, -0.25) is 4.79 Å². The number of alkyl halides is 2. The maximum absolute atomic E-state index is 13.8. The normalized spacial score (nSPS) is 11.4. The Morgan fingerprint density at radius 2 is 2.24 bits per heavy atom. The van der Waals surface area contributed by atoms with Crippen molar-refractivity contribution in [1.82, 2.24) is 9.97 Å². The van der Waals surface area contributed by atoms with Crippen molar-refractivity contribution in [2.75, 3.05) is 7.11 Å². The highest BCUT2D eigenvalue weighted by atomic mass is 19.3. The third-order valence-electron chi connectivity index (χ3n) is 2.86. The lowest BCUT2D eigenvalue weighted by molar-refractivity contribution is -0.00663. The molecule has 0 aliphatic heterocycles. The first kappa shape index (κ1) is 14.8. The van der Waals surface area contributed by atoms with E-state index in [2.05, 4.69) is 21.3 Å². The summed E-state index contributed by atoms with van der Waals surface area (Å²) in [6.45, 7) is 3.23. The fourth-order valence-electron chi connectivity index (χ4n) is 1.86. The van der Waals surface area contributed by atoms with Gasteiger partial charge in [0.25, 0.3) is 11.5 Å². The number of nitrogens with zero attached hydrogens (tertiary/aromatic N) is 1. The van der Waals surface area contributed by atoms with Gasteiger partial charge in [-0.15, -0.1) is 6.58 Å². The number of nitrogens with one attached hydrogen (secondary N) is 1. The van der Waals surface area contributed by atoms with E-state index >= 15 is 0 Å². The van der Waals surface area contributed by atoms with Crippen LogP contribution in [-0.4, -0.2) is 23.0 Å². The van der Waals surface area contributed by atoms with E-state index in [4.69, 9.17) is 0 Å². The molecule has 1 heterocycles. The number of aromatic amines is 1. The average molecular weight is 294 g/mol. The molecule has 1 aromatic carbocycles. The van der Waals surface area contributed by atoms with Gasteiger partial charge in [0, 0.05) is 6.42 Å². The van der Waals surface area contributed by atoms with E-state index in [-0.39, 0.29) is 16.6 Å². The van der Waals surface area contributed by atoms with Crippen LogP contribution in [0.1, 0.15) is 22.5 Å². The summed E-state index contributed by atoms with van der Waals surface area (Å²) in [6, 6.07) is 4.07. The van der Waals surface area contributed by atoms with Crippen LogP contribution in [0.3, 0.4) is 0 Å². The Morgan fingerprint density at radius 3 is 2.86 bits per heavy atom. The molecule has 0 saturated heterocycles. The molecule has 0 spiro atoms. The zero-order chi connectivity index (χ0) is 15.6. The summed E-state index contributed by atoms with van der Waals surface area (Å²) in [7, 11) is 1.21. The summed E-state index contributed by atoms with van der Waals surface area (Å²) in [6.07, 6.45) is 0.334. The largest absolute Gasteiger partial charge is 0.465 e. The molecule has 1 N–H and O–H groups in total. The summed E-state index contributed by atoms with van der Waals surface area (Å²) in [5.41, 5.74) is -1.35. The van der Waals surface area contributed by atoms with Gasteiger partial charge in [-0.25, -0.2) is 9.78 Å². The van der Waals surface area contributed by atoms with Crippen molar-refractivity contribution in [3.05, 3.63) is 52.5 Å². The number of methoxy groups -OCH3 is 1. The van der Waals surface area contributed by atoms with Crippen molar-refractivity contribution < 1.29 is 18.3 Å². The molecule has 0 amide bonds. The summed E-state index contributed by atoms with van der Waals surface area (Å²) in [5.74, 6) is -4.00. The zero-order valence-electron chi connectivity index (χ0n) is 11.2. The molecule has 0 aliphatic carbocycles. The predicted molar refractivity (Wildman–Crippen MR) is 72.4 cm³/mol. The third-order valence-corrected chi connectivity index (χ3v) is 2.86. The van der Waals surface area contributed by atoms with Gasteiger partial charge >= 0.3 is 5.97 Å². The Labute approximate surface area is 118 Å². The predicted octanol–water partition coefficient (Wildman–Crippen LogP) is 2.38. The summed E-state index contributed by atoms with van der Waals surface area (Å²) < 4.78 is 32.1. The smallest absolute Gasteiger partial charge is 0.337 e. The molecule has 21 heavy (non-hydrogen) atoms. The first-order valence-corrected chi connectivity index (χ1v) is 6.00. The lowest BCUT2D eigenvalue weighted by Crippen LogP contribution is -2.26. The number of benzene rings is 1. The van der Waals surface area contributed by atoms with Crippen LogP contribution in [0.2, 0.25) is 0 Å². The average Bonchev–Trinajstić information content (AvgIpc) is 2.44. The number of H-pyrrole nitrogens is 1. The zero-order valence-corrected chi connectivity index (χ0v) is 11.2. The molecule has 2 rings (SSSR count). The molecule has 0 unspecified atom stereocenters. The third kappa shape index (κ3) is 2.81. The van der Waals surface area contributed by atoms with E-state index in [1.165, 1.54) is 25.3 Å².